The van der Waals surface area contributed by atoms with E-state index in [9.17, 15) is 4.79 Å². The number of carbonyl (C=O) groups is 1. The molecule has 1 rings (SSSR count). The fourth-order valence-electron chi connectivity index (χ4n) is 1.29. The zero-order valence-corrected chi connectivity index (χ0v) is 9.73. The summed E-state index contributed by atoms with van der Waals surface area (Å²) in [6, 6.07) is 9.72. The van der Waals surface area contributed by atoms with Crippen LogP contribution in [-0.2, 0) is 4.74 Å². The predicted molar refractivity (Wildman–Crippen MR) is 63.4 cm³/mol. The van der Waals surface area contributed by atoms with E-state index < -0.39 is 6.09 Å². The van der Waals surface area contributed by atoms with Crippen molar-refractivity contribution in [1.82, 2.24) is 5.43 Å². The number of hydrazone groups is 1. The predicted octanol–water partition coefficient (Wildman–Crippen LogP) is 2.40. The second-order valence-corrected chi connectivity index (χ2v) is 3.62. The van der Waals surface area contributed by atoms with Crippen LogP contribution in [0.25, 0.3) is 0 Å². The Morgan fingerprint density at radius 2 is 1.94 bits per heavy atom. The molecule has 16 heavy (non-hydrogen) atoms. The molecule has 1 amide bonds. The summed E-state index contributed by atoms with van der Waals surface area (Å²) in [7, 11) is 1.31. The highest BCUT2D eigenvalue weighted by atomic mass is 16.5. The van der Waals surface area contributed by atoms with E-state index in [1.165, 1.54) is 7.11 Å². The third-order valence-electron chi connectivity index (χ3n) is 2.07. The standard InChI is InChI=1S/C12H16N2O2/c1-9(2)11(13-14-12(15)16-3)10-7-5-4-6-8-10/h4-9H,1-3H3,(H,14,15)/b13-11+. The van der Waals surface area contributed by atoms with Gasteiger partial charge in [0.25, 0.3) is 0 Å². The lowest BCUT2D eigenvalue weighted by Gasteiger charge is -2.10. The zero-order chi connectivity index (χ0) is 12.0. The average Bonchev–Trinajstić information content (AvgIpc) is 2.30. The first-order valence-corrected chi connectivity index (χ1v) is 5.12. The highest BCUT2D eigenvalue weighted by Gasteiger charge is 2.08. The van der Waals surface area contributed by atoms with Crippen molar-refractivity contribution < 1.29 is 9.53 Å². The number of amides is 1. The Morgan fingerprint density at radius 3 is 2.44 bits per heavy atom. The molecule has 0 aromatic heterocycles. The van der Waals surface area contributed by atoms with Gasteiger partial charge in [0.1, 0.15) is 0 Å². The fraction of sp³-hybridized carbons (Fsp3) is 0.333. The highest BCUT2D eigenvalue weighted by molar-refractivity contribution is 6.02. The van der Waals surface area contributed by atoms with Gasteiger partial charge >= 0.3 is 6.09 Å². The third-order valence-corrected chi connectivity index (χ3v) is 2.07. The summed E-state index contributed by atoms with van der Waals surface area (Å²) < 4.78 is 4.46. The molecule has 0 radical (unpaired) electrons. The maximum atomic E-state index is 10.9. The summed E-state index contributed by atoms with van der Waals surface area (Å²) in [5.41, 5.74) is 4.16. The van der Waals surface area contributed by atoms with E-state index in [4.69, 9.17) is 0 Å². The molecule has 0 aliphatic carbocycles. The van der Waals surface area contributed by atoms with Gasteiger partial charge in [-0.1, -0.05) is 44.2 Å². The molecule has 86 valence electrons. The van der Waals surface area contributed by atoms with E-state index in [2.05, 4.69) is 15.3 Å². The number of rotatable bonds is 3. The molecule has 0 unspecified atom stereocenters. The Hall–Kier alpha value is -1.84. The number of nitrogens with zero attached hydrogens (tertiary/aromatic N) is 1. The second kappa shape index (κ2) is 5.90. The van der Waals surface area contributed by atoms with Crippen LogP contribution in [0.15, 0.2) is 35.4 Å². The van der Waals surface area contributed by atoms with Gasteiger partial charge in [0.05, 0.1) is 12.8 Å². The quantitative estimate of drug-likeness (QED) is 0.628. The van der Waals surface area contributed by atoms with Crippen molar-refractivity contribution >= 4 is 11.8 Å². The highest BCUT2D eigenvalue weighted by Crippen LogP contribution is 2.08. The van der Waals surface area contributed by atoms with Crippen LogP contribution in [-0.4, -0.2) is 18.9 Å². The van der Waals surface area contributed by atoms with Gasteiger partial charge in [0.2, 0.25) is 0 Å². The molecule has 1 aromatic carbocycles. The molecule has 0 saturated heterocycles. The van der Waals surface area contributed by atoms with Crippen LogP contribution in [0.4, 0.5) is 4.79 Å². The Kier molecular flexibility index (Phi) is 4.51. The monoisotopic (exact) mass is 220 g/mol. The number of hydrogen-bond donors (Lipinski definition) is 1. The van der Waals surface area contributed by atoms with Crippen molar-refractivity contribution in [3.05, 3.63) is 35.9 Å². The lowest BCUT2D eigenvalue weighted by Crippen LogP contribution is -2.21. The summed E-state index contributed by atoms with van der Waals surface area (Å²) in [5, 5.41) is 4.06. The fourth-order valence-corrected chi connectivity index (χ4v) is 1.29. The van der Waals surface area contributed by atoms with Crippen LogP contribution in [0.3, 0.4) is 0 Å². The average molecular weight is 220 g/mol. The Labute approximate surface area is 95.3 Å². The van der Waals surface area contributed by atoms with E-state index in [-0.39, 0.29) is 5.92 Å². The van der Waals surface area contributed by atoms with Crippen molar-refractivity contribution in [2.45, 2.75) is 13.8 Å². The maximum absolute atomic E-state index is 10.9. The second-order valence-electron chi connectivity index (χ2n) is 3.62. The number of carbonyl (C=O) groups excluding carboxylic acids is 1. The van der Waals surface area contributed by atoms with E-state index >= 15 is 0 Å². The molecule has 0 bridgehead atoms. The molecule has 0 heterocycles. The lowest BCUT2D eigenvalue weighted by atomic mass is 10.0. The Bertz CT molecular complexity index is 372. The first-order valence-electron chi connectivity index (χ1n) is 5.12. The summed E-state index contributed by atoms with van der Waals surface area (Å²) in [6.45, 7) is 4.04. The first kappa shape index (κ1) is 12.2. The molecule has 0 fully saturated rings. The van der Waals surface area contributed by atoms with Crippen LogP contribution in [0, 0.1) is 5.92 Å². The molecule has 1 aromatic rings. The SMILES string of the molecule is COC(=O)N/N=C(/c1ccccc1)C(C)C. The van der Waals surface area contributed by atoms with E-state index in [1.54, 1.807) is 0 Å². The van der Waals surface area contributed by atoms with Crippen molar-refractivity contribution in [3.8, 4) is 0 Å². The summed E-state index contributed by atoms with van der Waals surface area (Å²) in [4.78, 5) is 10.9. The van der Waals surface area contributed by atoms with Gasteiger partial charge in [-0.15, -0.1) is 0 Å². The molecule has 1 N–H and O–H groups in total. The topological polar surface area (TPSA) is 50.7 Å². The van der Waals surface area contributed by atoms with Crippen LogP contribution in [0.1, 0.15) is 19.4 Å². The smallest absolute Gasteiger partial charge is 0.427 e. The molecule has 0 saturated carbocycles. The van der Waals surface area contributed by atoms with Crippen molar-refractivity contribution in [3.63, 3.8) is 0 Å². The molecule has 0 spiro atoms. The molecular formula is C12H16N2O2. The van der Waals surface area contributed by atoms with Gasteiger partial charge in [0.15, 0.2) is 0 Å². The molecular weight excluding hydrogens is 204 g/mol. The van der Waals surface area contributed by atoms with Crippen molar-refractivity contribution in [1.29, 1.82) is 0 Å². The lowest BCUT2D eigenvalue weighted by molar-refractivity contribution is 0.171. The van der Waals surface area contributed by atoms with Crippen LogP contribution >= 0.6 is 0 Å². The number of benzene rings is 1. The van der Waals surface area contributed by atoms with Gasteiger partial charge in [-0.25, -0.2) is 10.2 Å². The Balaban J connectivity index is 2.88. The van der Waals surface area contributed by atoms with Gasteiger partial charge in [0, 0.05) is 0 Å². The molecule has 0 aliphatic heterocycles. The maximum Gasteiger partial charge on any atom is 0.427 e. The summed E-state index contributed by atoms with van der Waals surface area (Å²) >= 11 is 0. The number of hydrogen-bond acceptors (Lipinski definition) is 3. The minimum atomic E-state index is -0.561. The van der Waals surface area contributed by atoms with E-state index in [0.717, 1.165) is 11.3 Å². The normalized spacial score (nSPS) is 11.4. The van der Waals surface area contributed by atoms with Crippen molar-refractivity contribution in [2.24, 2.45) is 11.0 Å². The third kappa shape index (κ3) is 3.38. The van der Waals surface area contributed by atoms with Gasteiger partial charge in [-0.3, -0.25) is 0 Å². The van der Waals surface area contributed by atoms with Crippen LogP contribution in [0.2, 0.25) is 0 Å². The Morgan fingerprint density at radius 1 is 1.31 bits per heavy atom. The van der Waals surface area contributed by atoms with Crippen molar-refractivity contribution in [2.75, 3.05) is 7.11 Å². The molecule has 0 atom stereocenters. The van der Waals surface area contributed by atoms with Gasteiger partial charge in [-0.05, 0) is 11.5 Å². The molecule has 4 nitrogen and oxygen atoms in total. The summed E-state index contributed by atoms with van der Waals surface area (Å²) in [6.07, 6.45) is -0.561. The molecule has 0 aliphatic rings. The minimum absolute atomic E-state index is 0.222. The first-order chi connectivity index (χ1) is 7.65. The summed E-state index contributed by atoms with van der Waals surface area (Å²) in [5.74, 6) is 0.222. The van der Waals surface area contributed by atoms with Crippen LogP contribution < -0.4 is 5.43 Å². The number of nitrogens with one attached hydrogen (secondary N) is 1. The number of methoxy groups -OCH3 is 1. The van der Waals surface area contributed by atoms with Crippen LogP contribution in [0.5, 0.6) is 0 Å². The zero-order valence-electron chi connectivity index (χ0n) is 9.73. The molecule has 4 heteroatoms. The minimum Gasteiger partial charge on any atom is -0.452 e. The van der Waals surface area contributed by atoms with E-state index in [0.29, 0.717) is 0 Å². The largest absolute Gasteiger partial charge is 0.452 e. The number of ether oxygens (including phenoxy) is 1. The van der Waals surface area contributed by atoms with E-state index in [1.807, 2.05) is 44.2 Å². The van der Waals surface area contributed by atoms with Gasteiger partial charge in [-0.2, -0.15) is 5.10 Å². The van der Waals surface area contributed by atoms with Gasteiger partial charge < -0.3 is 4.74 Å².